The predicted octanol–water partition coefficient (Wildman–Crippen LogP) is 4.04. The Morgan fingerprint density at radius 3 is 2.90 bits per heavy atom. The second-order valence-electron chi connectivity index (χ2n) is 7.21. The Morgan fingerprint density at radius 1 is 1.16 bits per heavy atom. The van der Waals surface area contributed by atoms with Gasteiger partial charge in [0.25, 0.3) is 0 Å². The van der Waals surface area contributed by atoms with Gasteiger partial charge in [-0.3, -0.25) is 10.1 Å². The quantitative estimate of drug-likeness (QED) is 0.467. The molecule has 0 radical (unpaired) electrons. The SMILES string of the molecule is COc1ccc(C)cc1-c1ccc2nc(NC(=O)Cc3noc4ccccc34)nn2c1. The first-order chi connectivity index (χ1) is 15.1. The van der Waals surface area contributed by atoms with Crippen LogP contribution in [0.15, 0.2) is 65.3 Å². The highest BCUT2D eigenvalue weighted by Gasteiger charge is 2.15. The molecule has 1 N–H and O–H groups in total. The van der Waals surface area contributed by atoms with Crippen molar-refractivity contribution < 1.29 is 14.1 Å². The number of aromatic nitrogens is 4. The minimum absolute atomic E-state index is 0.0678. The lowest BCUT2D eigenvalue weighted by Gasteiger charge is -2.09. The van der Waals surface area contributed by atoms with Crippen molar-refractivity contribution in [1.82, 2.24) is 19.8 Å². The van der Waals surface area contributed by atoms with Crippen LogP contribution in [0.3, 0.4) is 0 Å². The minimum Gasteiger partial charge on any atom is -0.496 e. The molecule has 0 fully saturated rings. The molecule has 31 heavy (non-hydrogen) atoms. The Morgan fingerprint density at radius 2 is 2.03 bits per heavy atom. The molecule has 0 unspecified atom stereocenters. The molecule has 0 saturated heterocycles. The maximum atomic E-state index is 12.5. The van der Waals surface area contributed by atoms with Crippen LogP contribution >= 0.6 is 0 Å². The van der Waals surface area contributed by atoms with Crippen molar-refractivity contribution in [1.29, 1.82) is 0 Å². The number of ether oxygens (including phenoxy) is 1. The number of methoxy groups -OCH3 is 1. The molecule has 8 heteroatoms. The van der Waals surface area contributed by atoms with Crippen LogP contribution in [0.1, 0.15) is 11.3 Å². The number of aryl methyl sites for hydroxylation is 1. The van der Waals surface area contributed by atoms with Gasteiger partial charge >= 0.3 is 0 Å². The maximum absolute atomic E-state index is 12.5. The number of fused-ring (bicyclic) bond motifs is 2. The van der Waals surface area contributed by atoms with Crippen molar-refractivity contribution in [2.24, 2.45) is 0 Å². The number of amides is 1. The van der Waals surface area contributed by atoms with Gasteiger partial charge in [-0.1, -0.05) is 28.9 Å². The summed E-state index contributed by atoms with van der Waals surface area (Å²) in [7, 11) is 1.65. The molecule has 0 saturated carbocycles. The van der Waals surface area contributed by atoms with Crippen LogP contribution in [-0.2, 0) is 11.2 Å². The van der Waals surface area contributed by atoms with Crippen LogP contribution in [0.5, 0.6) is 5.75 Å². The summed E-state index contributed by atoms with van der Waals surface area (Å²) in [5, 5.41) is 11.9. The zero-order valence-corrected chi connectivity index (χ0v) is 17.0. The van der Waals surface area contributed by atoms with E-state index in [-0.39, 0.29) is 18.3 Å². The number of carbonyl (C=O) groups is 1. The number of para-hydroxylation sites is 1. The van der Waals surface area contributed by atoms with Gasteiger partial charge < -0.3 is 9.26 Å². The lowest BCUT2D eigenvalue weighted by atomic mass is 10.0. The monoisotopic (exact) mass is 413 g/mol. The first-order valence-electron chi connectivity index (χ1n) is 9.75. The number of hydrogen-bond donors (Lipinski definition) is 1. The van der Waals surface area contributed by atoms with Gasteiger partial charge in [-0.25, -0.2) is 4.52 Å². The summed E-state index contributed by atoms with van der Waals surface area (Å²) in [5.41, 5.74) is 4.87. The van der Waals surface area contributed by atoms with E-state index in [0.717, 1.165) is 27.8 Å². The van der Waals surface area contributed by atoms with Crippen molar-refractivity contribution in [3.05, 3.63) is 72.1 Å². The van der Waals surface area contributed by atoms with E-state index in [9.17, 15) is 4.79 Å². The van der Waals surface area contributed by atoms with E-state index in [0.29, 0.717) is 16.9 Å². The molecule has 3 aromatic heterocycles. The number of carbonyl (C=O) groups excluding carboxylic acids is 1. The van der Waals surface area contributed by atoms with Crippen molar-refractivity contribution in [3.63, 3.8) is 0 Å². The largest absolute Gasteiger partial charge is 0.496 e. The normalized spacial score (nSPS) is 11.2. The van der Waals surface area contributed by atoms with Crippen molar-refractivity contribution in [3.8, 4) is 16.9 Å². The van der Waals surface area contributed by atoms with Gasteiger partial charge in [0, 0.05) is 22.7 Å². The Labute approximate surface area is 177 Å². The Hall–Kier alpha value is -4.20. The Kier molecular flexibility index (Phi) is 4.59. The van der Waals surface area contributed by atoms with E-state index >= 15 is 0 Å². The lowest BCUT2D eigenvalue weighted by molar-refractivity contribution is -0.115. The molecule has 3 heterocycles. The minimum atomic E-state index is -0.268. The van der Waals surface area contributed by atoms with Crippen LogP contribution in [0, 0.1) is 6.92 Å². The Balaban J connectivity index is 1.39. The topological polar surface area (TPSA) is 94.5 Å². The second-order valence-corrected chi connectivity index (χ2v) is 7.21. The van der Waals surface area contributed by atoms with E-state index in [1.54, 1.807) is 11.6 Å². The van der Waals surface area contributed by atoms with Gasteiger partial charge in [0.1, 0.15) is 11.4 Å². The van der Waals surface area contributed by atoms with Crippen LogP contribution in [0.4, 0.5) is 5.95 Å². The summed E-state index contributed by atoms with van der Waals surface area (Å²) in [6, 6.07) is 17.2. The molecule has 1 amide bonds. The van der Waals surface area contributed by atoms with Crippen LogP contribution in [0.2, 0.25) is 0 Å². The fourth-order valence-electron chi connectivity index (χ4n) is 3.53. The molecule has 0 atom stereocenters. The zero-order valence-electron chi connectivity index (χ0n) is 17.0. The summed E-state index contributed by atoms with van der Waals surface area (Å²) in [6.45, 7) is 2.03. The molecule has 5 aromatic rings. The molecule has 2 aromatic carbocycles. The van der Waals surface area contributed by atoms with Gasteiger partial charge in [0.05, 0.1) is 13.5 Å². The van der Waals surface area contributed by atoms with E-state index in [1.807, 2.05) is 61.7 Å². The van der Waals surface area contributed by atoms with E-state index in [4.69, 9.17) is 9.26 Å². The van der Waals surface area contributed by atoms with E-state index in [1.165, 1.54) is 0 Å². The molecule has 0 aliphatic rings. The van der Waals surface area contributed by atoms with Gasteiger partial charge in [-0.15, -0.1) is 5.10 Å². The first-order valence-corrected chi connectivity index (χ1v) is 9.75. The molecule has 8 nitrogen and oxygen atoms in total. The van der Waals surface area contributed by atoms with Crippen molar-refractivity contribution in [2.75, 3.05) is 12.4 Å². The highest BCUT2D eigenvalue weighted by molar-refractivity contribution is 5.93. The molecular weight excluding hydrogens is 394 g/mol. The van der Waals surface area contributed by atoms with Crippen LogP contribution < -0.4 is 10.1 Å². The molecule has 0 aliphatic heterocycles. The van der Waals surface area contributed by atoms with Gasteiger partial charge in [-0.05, 0) is 43.3 Å². The number of rotatable bonds is 5. The smallest absolute Gasteiger partial charge is 0.249 e. The van der Waals surface area contributed by atoms with Crippen LogP contribution in [0.25, 0.3) is 27.7 Å². The third-order valence-corrected chi connectivity index (χ3v) is 5.03. The van der Waals surface area contributed by atoms with E-state index < -0.39 is 0 Å². The van der Waals surface area contributed by atoms with Gasteiger partial charge in [0.2, 0.25) is 11.9 Å². The van der Waals surface area contributed by atoms with Crippen molar-refractivity contribution in [2.45, 2.75) is 13.3 Å². The number of benzene rings is 2. The first kappa shape index (κ1) is 18.8. The Bertz CT molecular complexity index is 1420. The number of anilines is 1. The van der Waals surface area contributed by atoms with Crippen molar-refractivity contribution >= 4 is 28.5 Å². The number of nitrogens with zero attached hydrogens (tertiary/aromatic N) is 4. The summed E-state index contributed by atoms with van der Waals surface area (Å²) in [6.07, 6.45) is 1.93. The summed E-state index contributed by atoms with van der Waals surface area (Å²) in [4.78, 5) is 16.9. The highest BCUT2D eigenvalue weighted by atomic mass is 16.5. The molecule has 0 aliphatic carbocycles. The summed E-state index contributed by atoms with van der Waals surface area (Å²) in [5.74, 6) is 0.736. The molecular formula is C23H19N5O3. The van der Waals surface area contributed by atoms with Gasteiger partial charge in [0.15, 0.2) is 11.2 Å². The standard InChI is InChI=1S/C23H19N5O3/c1-14-7-9-19(30-2)17(11-14)15-8-10-21-24-23(26-28(21)13-15)25-22(29)12-18-16-5-3-4-6-20(16)31-27-18/h3-11,13H,12H2,1-2H3,(H,25,26,29). The molecule has 0 bridgehead atoms. The zero-order chi connectivity index (χ0) is 21.4. The number of hydrogen-bond acceptors (Lipinski definition) is 6. The molecule has 5 rings (SSSR count). The average molecular weight is 413 g/mol. The van der Waals surface area contributed by atoms with Gasteiger partial charge in [-0.2, -0.15) is 4.98 Å². The fraction of sp³-hybridized carbons (Fsp3) is 0.130. The third kappa shape index (κ3) is 3.59. The maximum Gasteiger partial charge on any atom is 0.249 e. The number of nitrogens with one attached hydrogen (secondary N) is 1. The van der Waals surface area contributed by atoms with Crippen LogP contribution in [-0.4, -0.2) is 32.8 Å². The molecule has 0 spiro atoms. The average Bonchev–Trinajstić information content (AvgIpc) is 3.36. The highest BCUT2D eigenvalue weighted by Crippen LogP contribution is 2.31. The second kappa shape index (κ2) is 7.56. The summed E-state index contributed by atoms with van der Waals surface area (Å²) >= 11 is 0. The number of pyridine rings is 1. The predicted molar refractivity (Wildman–Crippen MR) is 116 cm³/mol. The lowest BCUT2D eigenvalue weighted by Crippen LogP contribution is -2.15. The summed E-state index contributed by atoms with van der Waals surface area (Å²) < 4.78 is 12.4. The molecule has 154 valence electrons. The van der Waals surface area contributed by atoms with E-state index in [2.05, 4.69) is 26.6 Å². The third-order valence-electron chi connectivity index (χ3n) is 5.03. The fourth-order valence-corrected chi connectivity index (χ4v) is 3.53.